The van der Waals surface area contributed by atoms with Crippen LogP contribution in [0.4, 0.5) is 0 Å². The van der Waals surface area contributed by atoms with Gasteiger partial charge in [-0.25, -0.2) is 0 Å². The number of hydrogen-bond acceptors (Lipinski definition) is 6. The second-order valence-corrected chi connectivity index (χ2v) is 7.68. The molecule has 0 fully saturated rings. The fourth-order valence-corrected chi connectivity index (χ4v) is 2.98. The highest BCUT2D eigenvalue weighted by atomic mass is 16.5. The molecular weight excluding hydrogens is 420 g/mol. The molecule has 0 saturated carbocycles. The van der Waals surface area contributed by atoms with Crippen molar-refractivity contribution in [3.8, 4) is 17.7 Å². The van der Waals surface area contributed by atoms with E-state index in [0.29, 0.717) is 31.0 Å². The molecule has 1 aromatic carbocycles. The first-order valence-electron chi connectivity index (χ1n) is 10.7. The normalized spacial score (nSPS) is 11.4. The first kappa shape index (κ1) is 23.7. The second-order valence-electron chi connectivity index (χ2n) is 7.68. The first-order valence-corrected chi connectivity index (χ1v) is 10.7. The molecular formula is C25H26N4O4. The van der Waals surface area contributed by atoms with Crippen LogP contribution in [0.3, 0.4) is 0 Å². The molecule has 0 atom stereocenters. The molecule has 3 aromatic rings. The molecule has 1 N–H and O–H groups in total. The van der Waals surface area contributed by atoms with Gasteiger partial charge in [0.2, 0.25) is 5.88 Å². The summed E-state index contributed by atoms with van der Waals surface area (Å²) < 4.78 is 12.7. The number of rotatable bonds is 9. The minimum atomic E-state index is -0.583. The Morgan fingerprint density at radius 3 is 2.70 bits per heavy atom. The SMILES string of the molecule is Cc1ccc(Oc2nc3ccccn3c(=O)c2C=C(C#N)C(=O)NCCCOC(C)C)cc1. The smallest absolute Gasteiger partial charge is 0.269 e. The number of pyridine rings is 1. The average Bonchev–Trinajstić information content (AvgIpc) is 2.80. The molecule has 0 unspecified atom stereocenters. The van der Waals surface area contributed by atoms with Gasteiger partial charge in [0.25, 0.3) is 11.5 Å². The van der Waals surface area contributed by atoms with E-state index in [1.54, 1.807) is 36.5 Å². The van der Waals surface area contributed by atoms with Crippen molar-refractivity contribution in [3.05, 3.63) is 75.7 Å². The number of fused-ring (bicyclic) bond motifs is 1. The molecule has 3 rings (SSSR count). The number of aromatic nitrogens is 2. The summed E-state index contributed by atoms with van der Waals surface area (Å²) in [6, 6.07) is 14.3. The molecule has 0 saturated heterocycles. The Morgan fingerprint density at radius 1 is 1.24 bits per heavy atom. The summed E-state index contributed by atoms with van der Waals surface area (Å²) in [6.45, 7) is 6.65. The summed E-state index contributed by atoms with van der Waals surface area (Å²) in [5.41, 5.74) is 0.775. The van der Waals surface area contributed by atoms with Crippen molar-refractivity contribution in [3.63, 3.8) is 0 Å². The topological polar surface area (TPSA) is 106 Å². The van der Waals surface area contributed by atoms with Crippen molar-refractivity contribution in [2.24, 2.45) is 0 Å². The van der Waals surface area contributed by atoms with Gasteiger partial charge in [0.15, 0.2) is 0 Å². The van der Waals surface area contributed by atoms with Gasteiger partial charge in [-0.3, -0.25) is 14.0 Å². The Hall–Kier alpha value is -3.96. The second kappa shape index (κ2) is 11.1. The lowest BCUT2D eigenvalue weighted by atomic mass is 10.1. The van der Waals surface area contributed by atoms with Gasteiger partial charge in [-0.2, -0.15) is 10.2 Å². The van der Waals surface area contributed by atoms with E-state index >= 15 is 0 Å². The van der Waals surface area contributed by atoms with Gasteiger partial charge in [0.05, 0.1) is 6.10 Å². The summed E-state index contributed by atoms with van der Waals surface area (Å²) >= 11 is 0. The fraction of sp³-hybridized carbons (Fsp3) is 0.280. The summed E-state index contributed by atoms with van der Waals surface area (Å²) in [6.07, 6.45) is 3.50. The Bertz CT molecular complexity index is 1250. The van der Waals surface area contributed by atoms with Gasteiger partial charge < -0.3 is 14.8 Å². The minimum Gasteiger partial charge on any atom is -0.438 e. The van der Waals surface area contributed by atoms with Crippen LogP contribution < -0.4 is 15.6 Å². The number of nitriles is 1. The monoisotopic (exact) mass is 446 g/mol. The van der Waals surface area contributed by atoms with E-state index in [4.69, 9.17) is 9.47 Å². The summed E-state index contributed by atoms with van der Waals surface area (Å²) in [7, 11) is 0. The Labute approximate surface area is 192 Å². The van der Waals surface area contributed by atoms with Crippen LogP contribution in [0.1, 0.15) is 31.4 Å². The number of carbonyl (C=O) groups excluding carboxylic acids is 1. The van der Waals surface area contributed by atoms with Gasteiger partial charge in [-0.05, 0) is 57.5 Å². The quantitative estimate of drug-likeness (QED) is 0.306. The Kier molecular flexibility index (Phi) is 7.95. The van der Waals surface area contributed by atoms with Gasteiger partial charge >= 0.3 is 0 Å². The number of benzene rings is 1. The number of hydrogen-bond donors (Lipinski definition) is 1. The number of amides is 1. The molecule has 0 aliphatic rings. The molecule has 2 heterocycles. The highest BCUT2D eigenvalue weighted by Crippen LogP contribution is 2.24. The molecule has 0 bridgehead atoms. The number of aryl methyl sites for hydroxylation is 1. The number of nitrogens with zero attached hydrogens (tertiary/aromatic N) is 3. The molecule has 8 heteroatoms. The predicted octanol–water partition coefficient (Wildman–Crippen LogP) is 3.63. The van der Waals surface area contributed by atoms with E-state index < -0.39 is 11.5 Å². The lowest BCUT2D eigenvalue weighted by Gasteiger charge is -2.11. The van der Waals surface area contributed by atoms with Crippen LogP contribution in [0.15, 0.2) is 59.0 Å². The summed E-state index contributed by atoms with van der Waals surface area (Å²) in [5, 5.41) is 12.3. The van der Waals surface area contributed by atoms with Crippen molar-refractivity contribution in [1.82, 2.24) is 14.7 Å². The highest BCUT2D eigenvalue weighted by Gasteiger charge is 2.17. The maximum absolute atomic E-state index is 13.2. The average molecular weight is 447 g/mol. The van der Waals surface area contributed by atoms with E-state index in [1.807, 2.05) is 39.0 Å². The molecule has 1 amide bonds. The highest BCUT2D eigenvalue weighted by molar-refractivity contribution is 6.01. The van der Waals surface area contributed by atoms with Crippen LogP contribution in [0.2, 0.25) is 0 Å². The standard InChI is InChI=1S/C25H26N4O4/c1-17(2)32-14-6-12-27-23(30)19(16-26)15-21-24(33-20-10-8-18(3)9-11-20)28-22-7-4-5-13-29(22)25(21)31/h4-5,7-11,13,15,17H,6,12,14H2,1-3H3,(H,27,30). The van der Waals surface area contributed by atoms with E-state index in [0.717, 1.165) is 5.56 Å². The minimum absolute atomic E-state index is 0.00844. The van der Waals surface area contributed by atoms with Crippen molar-refractivity contribution in [1.29, 1.82) is 5.26 Å². The fourth-order valence-electron chi connectivity index (χ4n) is 2.98. The molecule has 33 heavy (non-hydrogen) atoms. The first-order chi connectivity index (χ1) is 15.9. The Balaban J connectivity index is 1.93. The maximum Gasteiger partial charge on any atom is 0.269 e. The number of carbonyl (C=O) groups is 1. The van der Waals surface area contributed by atoms with Crippen molar-refractivity contribution in [2.45, 2.75) is 33.3 Å². The third-order valence-electron chi connectivity index (χ3n) is 4.68. The number of nitrogens with one attached hydrogen (secondary N) is 1. The molecule has 170 valence electrons. The van der Waals surface area contributed by atoms with Gasteiger partial charge in [0.1, 0.15) is 28.6 Å². The van der Waals surface area contributed by atoms with Gasteiger partial charge in [-0.15, -0.1) is 0 Å². The molecule has 2 aromatic heterocycles. The van der Waals surface area contributed by atoms with Crippen LogP contribution in [0.25, 0.3) is 11.7 Å². The zero-order chi connectivity index (χ0) is 23.8. The van der Waals surface area contributed by atoms with Gasteiger partial charge in [-0.1, -0.05) is 23.8 Å². The molecule has 0 radical (unpaired) electrons. The van der Waals surface area contributed by atoms with E-state index in [-0.39, 0.29) is 23.1 Å². The third-order valence-corrected chi connectivity index (χ3v) is 4.68. The zero-order valence-corrected chi connectivity index (χ0v) is 18.9. The van der Waals surface area contributed by atoms with Crippen LogP contribution in [0, 0.1) is 18.3 Å². The van der Waals surface area contributed by atoms with E-state index in [9.17, 15) is 14.9 Å². The Morgan fingerprint density at radius 2 is 2.00 bits per heavy atom. The van der Waals surface area contributed by atoms with Crippen LogP contribution in [0.5, 0.6) is 11.6 Å². The summed E-state index contributed by atoms with van der Waals surface area (Å²) in [4.78, 5) is 30.2. The predicted molar refractivity (Wildman–Crippen MR) is 125 cm³/mol. The molecule has 0 aliphatic carbocycles. The van der Waals surface area contributed by atoms with Crippen LogP contribution in [-0.2, 0) is 9.53 Å². The molecule has 8 nitrogen and oxygen atoms in total. The van der Waals surface area contributed by atoms with Crippen LogP contribution in [-0.4, -0.2) is 34.5 Å². The van der Waals surface area contributed by atoms with Crippen molar-refractivity contribution < 1.29 is 14.3 Å². The maximum atomic E-state index is 13.2. The molecule has 0 spiro atoms. The van der Waals surface area contributed by atoms with E-state index in [1.165, 1.54) is 10.5 Å². The lowest BCUT2D eigenvalue weighted by molar-refractivity contribution is -0.117. The van der Waals surface area contributed by atoms with Crippen molar-refractivity contribution >= 4 is 17.6 Å². The molecule has 0 aliphatic heterocycles. The summed E-state index contributed by atoms with van der Waals surface area (Å²) in [5.74, 6) is -0.0858. The number of ether oxygens (including phenoxy) is 2. The lowest BCUT2D eigenvalue weighted by Crippen LogP contribution is -2.27. The zero-order valence-electron chi connectivity index (χ0n) is 18.9. The third kappa shape index (κ3) is 6.28. The van der Waals surface area contributed by atoms with E-state index in [2.05, 4.69) is 10.3 Å². The van der Waals surface area contributed by atoms with Gasteiger partial charge in [0, 0.05) is 19.3 Å². The largest absolute Gasteiger partial charge is 0.438 e. The van der Waals surface area contributed by atoms with Crippen LogP contribution >= 0.6 is 0 Å². The van der Waals surface area contributed by atoms with Crippen molar-refractivity contribution in [2.75, 3.05) is 13.2 Å².